The summed E-state index contributed by atoms with van der Waals surface area (Å²) in [4.78, 5) is 13.5. The van der Waals surface area contributed by atoms with Crippen molar-refractivity contribution in [3.63, 3.8) is 0 Å². The highest BCUT2D eigenvalue weighted by atomic mass is 16.5. The summed E-state index contributed by atoms with van der Waals surface area (Å²) < 4.78 is 6.19. The molecule has 0 unspecified atom stereocenters. The Bertz CT molecular complexity index is 1230. The van der Waals surface area contributed by atoms with Gasteiger partial charge in [0, 0.05) is 18.2 Å². The van der Waals surface area contributed by atoms with Crippen LogP contribution in [0.3, 0.4) is 0 Å². The van der Waals surface area contributed by atoms with Crippen LogP contribution >= 0.6 is 0 Å². The van der Waals surface area contributed by atoms with Gasteiger partial charge in [0.25, 0.3) is 0 Å². The number of H-pyrrole nitrogens is 1. The SMILES string of the molecule is O=C(Cc1cccc2c1CCNCC2)c1ccc(-c2cn[nH]c2)cc1OCc1ccccc1. The van der Waals surface area contributed by atoms with E-state index < -0.39 is 0 Å². The first kappa shape index (κ1) is 21.2. The van der Waals surface area contributed by atoms with Crippen molar-refractivity contribution in [1.29, 1.82) is 0 Å². The maximum Gasteiger partial charge on any atom is 0.170 e. The Morgan fingerprint density at radius 2 is 1.82 bits per heavy atom. The van der Waals surface area contributed by atoms with Crippen LogP contribution in [0.4, 0.5) is 0 Å². The number of aromatic nitrogens is 2. The Balaban J connectivity index is 1.44. The summed E-state index contributed by atoms with van der Waals surface area (Å²) in [6, 6.07) is 22.1. The summed E-state index contributed by atoms with van der Waals surface area (Å²) in [5.41, 5.74) is 7.38. The second-order valence-electron chi connectivity index (χ2n) is 8.38. The molecule has 33 heavy (non-hydrogen) atoms. The fourth-order valence-corrected chi connectivity index (χ4v) is 4.43. The maximum atomic E-state index is 13.5. The van der Waals surface area contributed by atoms with Gasteiger partial charge in [-0.1, -0.05) is 54.6 Å². The van der Waals surface area contributed by atoms with Gasteiger partial charge < -0.3 is 10.1 Å². The van der Waals surface area contributed by atoms with Crippen LogP contribution in [0.25, 0.3) is 11.1 Å². The summed E-state index contributed by atoms with van der Waals surface area (Å²) in [6.07, 6.45) is 5.93. The Labute approximate surface area is 193 Å². The van der Waals surface area contributed by atoms with E-state index in [0.717, 1.165) is 48.2 Å². The van der Waals surface area contributed by atoms with E-state index in [4.69, 9.17) is 4.74 Å². The van der Waals surface area contributed by atoms with Crippen LogP contribution in [0.5, 0.6) is 5.75 Å². The number of hydrogen-bond donors (Lipinski definition) is 2. The third-order valence-electron chi connectivity index (χ3n) is 6.19. The summed E-state index contributed by atoms with van der Waals surface area (Å²) >= 11 is 0. The number of benzene rings is 3. The smallest absolute Gasteiger partial charge is 0.170 e. The van der Waals surface area contributed by atoms with E-state index in [1.54, 1.807) is 6.20 Å². The molecule has 0 amide bonds. The third-order valence-corrected chi connectivity index (χ3v) is 6.19. The van der Waals surface area contributed by atoms with Crippen molar-refractivity contribution in [3.05, 3.63) is 107 Å². The molecule has 0 saturated carbocycles. The molecule has 0 aliphatic carbocycles. The fourth-order valence-electron chi connectivity index (χ4n) is 4.43. The highest BCUT2D eigenvalue weighted by Gasteiger charge is 2.18. The van der Waals surface area contributed by atoms with Crippen LogP contribution in [0.15, 0.2) is 79.1 Å². The van der Waals surface area contributed by atoms with E-state index in [1.165, 1.54) is 11.1 Å². The van der Waals surface area contributed by atoms with Crippen LogP contribution in [-0.2, 0) is 25.9 Å². The minimum atomic E-state index is 0.0717. The maximum absolute atomic E-state index is 13.5. The molecule has 2 heterocycles. The number of carbonyl (C=O) groups is 1. The molecule has 3 aromatic carbocycles. The van der Waals surface area contributed by atoms with Crippen molar-refractivity contribution in [2.45, 2.75) is 25.9 Å². The molecule has 1 aliphatic heterocycles. The first-order chi connectivity index (χ1) is 16.3. The zero-order chi connectivity index (χ0) is 22.5. The molecular weight excluding hydrogens is 410 g/mol. The minimum absolute atomic E-state index is 0.0717. The second kappa shape index (κ2) is 9.84. The highest BCUT2D eigenvalue weighted by Crippen LogP contribution is 2.29. The van der Waals surface area contributed by atoms with Crippen molar-refractivity contribution in [3.8, 4) is 16.9 Å². The van der Waals surface area contributed by atoms with Gasteiger partial charge in [-0.2, -0.15) is 5.10 Å². The van der Waals surface area contributed by atoms with Crippen molar-refractivity contribution in [2.24, 2.45) is 0 Å². The number of ketones is 1. The van der Waals surface area contributed by atoms with Gasteiger partial charge in [0.2, 0.25) is 0 Å². The molecule has 5 nitrogen and oxygen atoms in total. The van der Waals surface area contributed by atoms with Crippen molar-refractivity contribution >= 4 is 5.78 Å². The molecule has 0 saturated heterocycles. The van der Waals surface area contributed by atoms with Gasteiger partial charge in [0.15, 0.2) is 5.78 Å². The largest absolute Gasteiger partial charge is 0.488 e. The lowest BCUT2D eigenvalue weighted by molar-refractivity contribution is 0.0988. The van der Waals surface area contributed by atoms with Crippen molar-refractivity contribution < 1.29 is 9.53 Å². The molecular formula is C28H27N3O2. The lowest BCUT2D eigenvalue weighted by Crippen LogP contribution is -2.16. The average molecular weight is 438 g/mol. The van der Waals surface area contributed by atoms with Gasteiger partial charge in [0.1, 0.15) is 12.4 Å². The number of rotatable bonds is 7. The van der Waals surface area contributed by atoms with Gasteiger partial charge in [-0.3, -0.25) is 9.89 Å². The van der Waals surface area contributed by atoms with E-state index in [2.05, 4.69) is 33.7 Å². The van der Waals surface area contributed by atoms with E-state index >= 15 is 0 Å². The lowest BCUT2D eigenvalue weighted by atomic mass is 9.92. The monoisotopic (exact) mass is 437 g/mol. The number of Topliss-reactive ketones (excluding diaryl/α,β-unsaturated/α-hetero) is 1. The predicted molar refractivity (Wildman–Crippen MR) is 130 cm³/mol. The summed E-state index contributed by atoms with van der Waals surface area (Å²) in [6.45, 7) is 2.34. The Hall–Kier alpha value is -3.70. The van der Waals surface area contributed by atoms with Crippen molar-refractivity contribution in [1.82, 2.24) is 15.5 Å². The molecule has 0 atom stereocenters. The molecule has 0 bridgehead atoms. The average Bonchev–Trinajstić information content (AvgIpc) is 3.28. The number of nitrogens with zero attached hydrogens (tertiary/aromatic N) is 1. The predicted octanol–water partition coefficient (Wildman–Crippen LogP) is 4.77. The molecule has 1 aliphatic rings. The quantitative estimate of drug-likeness (QED) is 0.409. The standard InChI is InChI=1S/C28H27N3O2/c32-27(15-23-8-4-7-21-11-13-29-14-12-25(21)23)26-10-9-22(24-17-30-31-18-24)16-28(26)33-19-20-5-2-1-3-6-20/h1-10,16-18,29H,11-15,19H2,(H,30,31). The first-order valence-electron chi connectivity index (χ1n) is 11.4. The molecule has 166 valence electrons. The van der Waals surface area contributed by atoms with Crippen LogP contribution in [0.2, 0.25) is 0 Å². The first-order valence-corrected chi connectivity index (χ1v) is 11.4. The van der Waals surface area contributed by atoms with Crippen LogP contribution < -0.4 is 10.1 Å². The summed E-state index contributed by atoms with van der Waals surface area (Å²) in [7, 11) is 0. The van der Waals surface area contributed by atoms with Gasteiger partial charge >= 0.3 is 0 Å². The number of carbonyl (C=O) groups excluding carboxylic acids is 1. The lowest BCUT2D eigenvalue weighted by Gasteiger charge is -2.15. The van der Waals surface area contributed by atoms with E-state index in [9.17, 15) is 4.79 Å². The zero-order valence-corrected chi connectivity index (χ0v) is 18.5. The number of hydrogen-bond acceptors (Lipinski definition) is 4. The van der Waals surface area contributed by atoms with E-state index in [-0.39, 0.29) is 5.78 Å². The van der Waals surface area contributed by atoms with Gasteiger partial charge in [-0.05, 0) is 65.9 Å². The number of nitrogens with one attached hydrogen (secondary N) is 2. The number of fused-ring (bicyclic) bond motifs is 1. The number of ether oxygens (including phenoxy) is 1. The van der Waals surface area contributed by atoms with Crippen molar-refractivity contribution in [2.75, 3.05) is 13.1 Å². The third kappa shape index (κ3) is 4.89. The Kier molecular flexibility index (Phi) is 6.31. The minimum Gasteiger partial charge on any atom is -0.488 e. The molecule has 5 heteroatoms. The Morgan fingerprint density at radius 1 is 0.939 bits per heavy atom. The molecule has 1 aromatic heterocycles. The van der Waals surface area contributed by atoms with Gasteiger partial charge in [0.05, 0.1) is 11.8 Å². The number of aromatic amines is 1. The Morgan fingerprint density at radius 3 is 2.67 bits per heavy atom. The molecule has 2 N–H and O–H groups in total. The molecule has 0 fully saturated rings. The molecule has 0 spiro atoms. The summed E-state index contributed by atoms with van der Waals surface area (Å²) in [5, 5.41) is 10.3. The second-order valence-corrected chi connectivity index (χ2v) is 8.38. The normalized spacial score (nSPS) is 13.2. The summed E-state index contributed by atoms with van der Waals surface area (Å²) in [5.74, 6) is 0.675. The topological polar surface area (TPSA) is 67.0 Å². The molecule has 4 aromatic rings. The van der Waals surface area contributed by atoms with E-state index in [1.807, 2.05) is 54.7 Å². The highest BCUT2D eigenvalue weighted by molar-refractivity contribution is 6.00. The van der Waals surface area contributed by atoms with Crippen LogP contribution in [-0.4, -0.2) is 29.1 Å². The van der Waals surface area contributed by atoms with E-state index in [0.29, 0.717) is 24.3 Å². The fraction of sp³-hybridized carbons (Fsp3) is 0.214. The zero-order valence-electron chi connectivity index (χ0n) is 18.5. The molecule has 5 rings (SSSR count). The van der Waals surface area contributed by atoms with Crippen LogP contribution in [0, 0.1) is 0 Å². The molecule has 0 radical (unpaired) electrons. The van der Waals surface area contributed by atoms with Crippen LogP contribution in [0.1, 0.15) is 32.6 Å². The van der Waals surface area contributed by atoms with Gasteiger partial charge in [-0.25, -0.2) is 0 Å². The van der Waals surface area contributed by atoms with Gasteiger partial charge in [-0.15, -0.1) is 0 Å².